The summed E-state index contributed by atoms with van der Waals surface area (Å²) in [4.78, 5) is 5.55. The van der Waals surface area contributed by atoms with Gasteiger partial charge in [0, 0.05) is 11.4 Å². The Bertz CT molecular complexity index is 945. The summed E-state index contributed by atoms with van der Waals surface area (Å²) in [7, 11) is 0. The molecule has 4 aromatic rings. The van der Waals surface area contributed by atoms with Crippen molar-refractivity contribution in [2.75, 3.05) is 5.32 Å². The van der Waals surface area contributed by atoms with Crippen LogP contribution in [0.3, 0.4) is 0 Å². The lowest BCUT2D eigenvalue weighted by molar-refractivity contribution is 0.575. The Balaban J connectivity index is 1.36. The minimum atomic E-state index is 0.671. The molecule has 4 rings (SSSR count). The highest BCUT2D eigenvalue weighted by atomic mass is 32.2. The SMILES string of the molecule is Cc1ccc(Nc2nnc(SCc3coc(-c4cccs4)n3)s2)cc1. The van der Waals surface area contributed by atoms with Crippen molar-refractivity contribution >= 4 is 45.3 Å². The molecule has 1 aromatic carbocycles. The summed E-state index contributed by atoms with van der Waals surface area (Å²) in [5.74, 6) is 1.37. The van der Waals surface area contributed by atoms with Crippen molar-refractivity contribution in [1.29, 1.82) is 0 Å². The van der Waals surface area contributed by atoms with Gasteiger partial charge in [0.1, 0.15) is 6.26 Å². The first-order valence-electron chi connectivity index (χ1n) is 7.54. The zero-order chi connectivity index (χ0) is 17.1. The van der Waals surface area contributed by atoms with Gasteiger partial charge in [-0.15, -0.1) is 21.5 Å². The number of aryl methyl sites for hydroxylation is 1. The number of oxazole rings is 1. The number of thioether (sulfide) groups is 1. The second-order valence-electron chi connectivity index (χ2n) is 5.27. The first kappa shape index (κ1) is 16.3. The maximum Gasteiger partial charge on any atom is 0.236 e. The molecule has 0 bridgehead atoms. The summed E-state index contributed by atoms with van der Waals surface area (Å²) < 4.78 is 6.43. The van der Waals surface area contributed by atoms with Crippen LogP contribution in [0.5, 0.6) is 0 Å². The maximum atomic E-state index is 5.53. The number of hydrogen-bond acceptors (Lipinski definition) is 8. The molecule has 0 aliphatic carbocycles. The maximum absolute atomic E-state index is 5.53. The fourth-order valence-electron chi connectivity index (χ4n) is 2.10. The summed E-state index contributed by atoms with van der Waals surface area (Å²) in [5.41, 5.74) is 3.14. The highest BCUT2D eigenvalue weighted by Crippen LogP contribution is 2.31. The monoisotopic (exact) mass is 386 g/mol. The van der Waals surface area contributed by atoms with Gasteiger partial charge in [0.15, 0.2) is 4.34 Å². The van der Waals surface area contributed by atoms with E-state index in [9.17, 15) is 0 Å². The molecule has 0 unspecified atom stereocenters. The number of rotatable bonds is 6. The number of aromatic nitrogens is 3. The largest absolute Gasteiger partial charge is 0.444 e. The number of hydrogen-bond donors (Lipinski definition) is 1. The lowest BCUT2D eigenvalue weighted by Crippen LogP contribution is -1.88. The van der Waals surface area contributed by atoms with E-state index in [-0.39, 0.29) is 0 Å². The third kappa shape index (κ3) is 4.09. The van der Waals surface area contributed by atoms with Crippen LogP contribution in [0, 0.1) is 6.92 Å². The normalized spacial score (nSPS) is 10.9. The zero-order valence-corrected chi connectivity index (χ0v) is 15.8. The first-order chi connectivity index (χ1) is 12.3. The summed E-state index contributed by atoms with van der Waals surface area (Å²) in [5, 5.41) is 14.5. The van der Waals surface area contributed by atoms with Crippen LogP contribution in [-0.2, 0) is 5.75 Å². The molecule has 0 aliphatic heterocycles. The van der Waals surface area contributed by atoms with Gasteiger partial charge in [0.05, 0.1) is 10.6 Å². The van der Waals surface area contributed by atoms with Crippen molar-refractivity contribution in [1.82, 2.24) is 15.2 Å². The molecule has 0 fully saturated rings. The summed E-state index contributed by atoms with van der Waals surface area (Å²) in [6, 6.07) is 12.2. The lowest BCUT2D eigenvalue weighted by Gasteiger charge is -2.01. The number of nitrogens with one attached hydrogen (secondary N) is 1. The fraction of sp³-hybridized carbons (Fsp3) is 0.118. The topological polar surface area (TPSA) is 63.8 Å². The third-order valence-corrected chi connectivity index (χ3v) is 6.20. The molecule has 1 N–H and O–H groups in total. The van der Waals surface area contributed by atoms with Crippen molar-refractivity contribution < 1.29 is 4.42 Å². The summed E-state index contributed by atoms with van der Waals surface area (Å²) in [6.45, 7) is 2.07. The van der Waals surface area contributed by atoms with Gasteiger partial charge in [-0.2, -0.15) is 0 Å². The second-order valence-corrected chi connectivity index (χ2v) is 8.42. The van der Waals surface area contributed by atoms with Crippen LogP contribution in [0.1, 0.15) is 11.3 Å². The van der Waals surface area contributed by atoms with Crippen LogP contribution >= 0.6 is 34.4 Å². The number of benzene rings is 1. The first-order valence-corrected chi connectivity index (χ1v) is 10.2. The zero-order valence-electron chi connectivity index (χ0n) is 13.3. The Morgan fingerprint density at radius 3 is 2.84 bits per heavy atom. The minimum Gasteiger partial charge on any atom is -0.444 e. The molecule has 3 heterocycles. The molecule has 0 radical (unpaired) electrons. The van der Waals surface area contributed by atoms with Crippen molar-refractivity contribution in [3.63, 3.8) is 0 Å². The number of nitrogens with zero attached hydrogens (tertiary/aromatic N) is 3. The molecular weight excluding hydrogens is 372 g/mol. The lowest BCUT2D eigenvalue weighted by atomic mass is 10.2. The fourth-order valence-corrected chi connectivity index (χ4v) is 4.41. The smallest absolute Gasteiger partial charge is 0.236 e. The van der Waals surface area contributed by atoms with E-state index < -0.39 is 0 Å². The average molecular weight is 387 g/mol. The van der Waals surface area contributed by atoms with Crippen LogP contribution in [0.15, 0.2) is 56.8 Å². The van der Waals surface area contributed by atoms with Gasteiger partial charge < -0.3 is 9.73 Å². The predicted octanol–water partition coefficient (Wildman–Crippen LogP) is 5.60. The highest BCUT2D eigenvalue weighted by molar-refractivity contribution is 8.00. The van der Waals surface area contributed by atoms with E-state index in [1.54, 1.807) is 29.4 Å². The number of thiophene rings is 1. The Kier molecular flexibility index (Phi) is 4.82. The number of anilines is 2. The molecule has 5 nitrogen and oxygen atoms in total. The molecule has 25 heavy (non-hydrogen) atoms. The molecule has 8 heteroatoms. The van der Waals surface area contributed by atoms with Gasteiger partial charge in [-0.05, 0) is 30.5 Å². The standard InChI is InChI=1S/C17H14N4OS3/c1-11-4-6-12(7-5-11)19-16-20-21-17(25-16)24-10-13-9-22-15(18-13)14-3-2-8-23-14/h2-9H,10H2,1H3,(H,19,20). The predicted molar refractivity (Wildman–Crippen MR) is 104 cm³/mol. The van der Waals surface area contributed by atoms with Gasteiger partial charge in [-0.3, -0.25) is 0 Å². The van der Waals surface area contributed by atoms with Crippen molar-refractivity contribution in [2.24, 2.45) is 0 Å². The van der Waals surface area contributed by atoms with Gasteiger partial charge >= 0.3 is 0 Å². The van der Waals surface area contributed by atoms with Crippen LogP contribution < -0.4 is 5.32 Å². The molecule has 0 saturated heterocycles. The van der Waals surface area contributed by atoms with E-state index in [1.807, 2.05) is 29.6 Å². The Morgan fingerprint density at radius 2 is 2.04 bits per heavy atom. The van der Waals surface area contributed by atoms with Crippen LogP contribution in [0.25, 0.3) is 10.8 Å². The van der Waals surface area contributed by atoms with Crippen molar-refractivity contribution in [3.8, 4) is 10.8 Å². The minimum absolute atomic E-state index is 0.671. The highest BCUT2D eigenvalue weighted by Gasteiger charge is 2.10. The Morgan fingerprint density at radius 1 is 1.16 bits per heavy atom. The van der Waals surface area contributed by atoms with Gasteiger partial charge in [0.2, 0.25) is 11.0 Å². The second kappa shape index (κ2) is 7.38. The van der Waals surface area contributed by atoms with E-state index >= 15 is 0 Å². The Hall–Kier alpha value is -2.16. The summed E-state index contributed by atoms with van der Waals surface area (Å²) in [6.07, 6.45) is 1.70. The van der Waals surface area contributed by atoms with Crippen LogP contribution in [-0.4, -0.2) is 15.2 Å². The molecule has 126 valence electrons. The molecule has 0 spiro atoms. The molecule has 3 aromatic heterocycles. The van der Waals surface area contributed by atoms with E-state index in [0.717, 1.165) is 25.7 Å². The van der Waals surface area contributed by atoms with Gasteiger partial charge in [-0.25, -0.2) is 4.98 Å². The average Bonchev–Trinajstić information content (AvgIpc) is 3.36. The van der Waals surface area contributed by atoms with Crippen LogP contribution in [0.4, 0.5) is 10.8 Å². The molecular formula is C17H14N4OS3. The summed E-state index contributed by atoms with van der Waals surface area (Å²) >= 11 is 4.75. The van der Waals surface area contributed by atoms with Gasteiger partial charge in [-0.1, -0.05) is 46.9 Å². The van der Waals surface area contributed by atoms with E-state index in [2.05, 4.69) is 39.6 Å². The molecule has 0 saturated carbocycles. The molecule has 0 atom stereocenters. The van der Waals surface area contributed by atoms with Crippen molar-refractivity contribution in [2.45, 2.75) is 17.0 Å². The van der Waals surface area contributed by atoms with E-state index in [0.29, 0.717) is 11.6 Å². The van der Waals surface area contributed by atoms with Crippen molar-refractivity contribution in [3.05, 3.63) is 59.3 Å². The Labute approximate surface area is 157 Å². The third-order valence-electron chi connectivity index (χ3n) is 3.34. The molecule has 0 amide bonds. The van der Waals surface area contributed by atoms with E-state index in [1.165, 1.54) is 16.9 Å². The van der Waals surface area contributed by atoms with Gasteiger partial charge in [0.25, 0.3) is 0 Å². The molecule has 0 aliphatic rings. The quantitative estimate of drug-likeness (QED) is 0.435. The van der Waals surface area contributed by atoms with E-state index in [4.69, 9.17) is 4.42 Å². The van der Waals surface area contributed by atoms with Crippen LogP contribution in [0.2, 0.25) is 0 Å².